The summed E-state index contributed by atoms with van der Waals surface area (Å²) in [5.41, 5.74) is 2.69. The number of hydrogen-bond donors (Lipinski definition) is 1. The van der Waals surface area contributed by atoms with Gasteiger partial charge in [0.1, 0.15) is 5.92 Å². The summed E-state index contributed by atoms with van der Waals surface area (Å²) in [6.07, 6.45) is 5.02. The van der Waals surface area contributed by atoms with E-state index in [1.807, 2.05) is 19.1 Å². The zero-order valence-electron chi connectivity index (χ0n) is 16.9. The number of benzene rings is 2. The Balaban J connectivity index is 1.78. The van der Waals surface area contributed by atoms with Gasteiger partial charge in [-0.25, -0.2) is 0 Å². The number of rotatable bonds is 7. The lowest BCUT2D eigenvalue weighted by molar-refractivity contribution is -0.140. The highest BCUT2D eigenvalue weighted by Gasteiger charge is 2.32. The number of carboxylic acids is 1. The standard InChI is InChI=1S/C23H28O5S/c1-16-8-14-21(15-9-16)29(26,27)28-17(2)22(23(24)25)20-12-10-19(11-13-20)18-6-4-3-5-7-18/h8-15,17-18,22H,3-7H2,1-2H3,(H,24,25). The number of aliphatic carboxylic acids is 1. The van der Waals surface area contributed by atoms with Gasteiger partial charge in [0, 0.05) is 0 Å². The summed E-state index contributed by atoms with van der Waals surface area (Å²) in [5, 5.41) is 9.74. The Kier molecular flexibility index (Phi) is 6.75. The maximum atomic E-state index is 12.6. The normalized spacial score (nSPS) is 17.6. The molecule has 0 saturated heterocycles. The van der Waals surface area contributed by atoms with E-state index in [1.165, 1.54) is 43.9 Å². The Bertz CT molecular complexity index is 926. The summed E-state index contributed by atoms with van der Waals surface area (Å²) in [6, 6.07) is 13.8. The molecule has 5 nitrogen and oxygen atoms in total. The van der Waals surface area contributed by atoms with Crippen molar-refractivity contribution in [2.24, 2.45) is 0 Å². The van der Waals surface area contributed by atoms with Gasteiger partial charge in [0.25, 0.3) is 10.1 Å². The van der Waals surface area contributed by atoms with Crippen LogP contribution in [0.25, 0.3) is 0 Å². The fourth-order valence-electron chi connectivity index (χ4n) is 4.04. The number of hydrogen-bond acceptors (Lipinski definition) is 4. The van der Waals surface area contributed by atoms with E-state index in [1.54, 1.807) is 24.3 Å². The molecule has 2 aromatic rings. The van der Waals surface area contributed by atoms with Crippen LogP contribution in [0, 0.1) is 6.92 Å². The average molecular weight is 417 g/mol. The second-order valence-electron chi connectivity index (χ2n) is 7.89. The third kappa shape index (κ3) is 5.25. The minimum atomic E-state index is -4.05. The molecule has 1 saturated carbocycles. The van der Waals surface area contributed by atoms with Crippen LogP contribution in [0.1, 0.15) is 67.6 Å². The van der Waals surface area contributed by atoms with Gasteiger partial charge in [-0.3, -0.25) is 8.98 Å². The van der Waals surface area contributed by atoms with Crippen LogP contribution in [0.5, 0.6) is 0 Å². The molecule has 0 aliphatic heterocycles. The summed E-state index contributed by atoms with van der Waals surface area (Å²) in [7, 11) is -4.05. The van der Waals surface area contributed by atoms with Crippen LogP contribution in [0.4, 0.5) is 0 Å². The van der Waals surface area contributed by atoms with Gasteiger partial charge < -0.3 is 5.11 Å². The quantitative estimate of drug-likeness (QED) is 0.642. The minimum Gasteiger partial charge on any atom is -0.481 e. The van der Waals surface area contributed by atoms with Crippen LogP contribution in [0.15, 0.2) is 53.4 Å². The predicted octanol–water partition coefficient (Wildman–Crippen LogP) is 5.00. The first kappa shape index (κ1) is 21.5. The molecule has 29 heavy (non-hydrogen) atoms. The highest BCUT2D eigenvalue weighted by molar-refractivity contribution is 7.86. The molecule has 2 atom stereocenters. The average Bonchev–Trinajstić information content (AvgIpc) is 2.69. The van der Waals surface area contributed by atoms with E-state index < -0.39 is 28.1 Å². The summed E-state index contributed by atoms with van der Waals surface area (Å²) in [5.74, 6) is -1.66. The molecule has 1 aliphatic carbocycles. The van der Waals surface area contributed by atoms with Crippen molar-refractivity contribution in [2.45, 2.75) is 68.8 Å². The first-order valence-electron chi connectivity index (χ1n) is 10.1. The second-order valence-corrected chi connectivity index (χ2v) is 9.46. The van der Waals surface area contributed by atoms with Crippen molar-refractivity contribution in [3.63, 3.8) is 0 Å². The van der Waals surface area contributed by atoms with Gasteiger partial charge in [-0.15, -0.1) is 0 Å². The van der Waals surface area contributed by atoms with E-state index in [0.717, 1.165) is 18.4 Å². The van der Waals surface area contributed by atoms with E-state index in [0.29, 0.717) is 11.5 Å². The summed E-state index contributed by atoms with van der Waals surface area (Å²) in [4.78, 5) is 11.9. The van der Waals surface area contributed by atoms with Crippen LogP contribution >= 0.6 is 0 Å². The molecule has 6 heteroatoms. The van der Waals surface area contributed by atoms with Crippen molar-refractivity contribution in [3.8, 4) is 0 Å². The third-order valence-electron chi connectivity index (χ3n) is 5.70. The lowest BCUT2D eigenvalue weighted by Crippen LogP contribution is -2.28. The largest absolute Gasteiger partial charge is 0.481 e. The Morgan fingerprint density at radius 2 is 1.59 bits per heavy atom. The molecule has 0 aromatic heterocycles. The van der Waals surface area contributed by atoms with Crippen molar-refractivity contribution < 1.29 is 22.5 Å². The van der Waals surface area contributed by atoms with E-state index in [9.17, 15) is 18.3 Å². The Labute approximate surface area is 172 Å². The Morgan fingerprint density at radius 1 is 1.00 bits per heavy atom. The first-order chi connectivity index (χ1) is 13.8. The highest BCUT2D eigenvalue weighted by atomic mass is 32.2. The van der Waals surface area contributed by atoms with Crippen LogP contribution in [-0.4, -0.2) is 25.6 Å². The highest BCUT2D eigenvalue weighted by Crippen LogP contribution is 2.34. The molecule has 0 radical (unpaired) electrons. The van der Waals surface area contributed by atoms with Gasteiger partial charge >= 0.3 is 5.97 Å². The van der Waals surface area contributed by atoms with Crippen molar-refractivity contribution in [2.75, 3.05) is 0 Å². The maximum absolute atomic E-state index is 12.6. The molecular formula is C23H28O5S. The van der Waals surface area contributed by atoms with Gasteiger partial charge in [0.2, 0.25) is 0 Å². The summed E-state index contributed by atoms with van der Waals surface area (Å²) >= 11 is 0. The number of carbonyl (C=O) groups is 1. The SMILES string of the molecule is Cc1ccc(S(=O)(=O)OC(C)C(C(=O)O)c2ccc(C3CCCCC3)cc2)cc1. The zero-order valence-corrected chi connectivity index (χ0v) is 17.7. The van der Waals surface area contributed by atoms with Gasteiger partial charge in [-0.05, 0) is 55.9 Å². The van der Waals surface area contributed by atoms with E-state index in [4.69, 9.17) is 4.18 Å². The molecular weight excluding hydrogens is 388 g/mol. The van der Waals surface area contributed by atoms with E-state index in [2.05, 4.69) is 0 Å². The molecule has 1 N–H and O–H groups in total. The van der Waals surface area contributed by atoms with Crippen molar-refractivity contribution >= 4 is 16.1 Å². The molecule has 0 heterocycles. The minimum absolute atomic E-state index is 0.0201. The third-order valence-corrected chi connectivity index (χ3v) is 7.10. The Hall–Kier alpha value is -2.18. The van der Waals surface area contributed by atoms with Crippen LogP contribution in [-0.2, 0) is 19.1 Å². The monoisotopic (exact) mass is 416 g/mol. The van der Waals surface area contributed by atoms with Gasteiger partial charge in [0.05, 0.1) is 11.0 Å². The number of carboxylic acid groups (broad SMARTS) is 1. The van der Waals surface area contributed by atoms with Crippen molar-refractivity contribution in [1.29, 1.82) is 0 Å². The van der Waals surface area contributed by atoms with E-state index in [-0.39, 0.29) is 4.90 Å². The molecule has 2 unspecified atom stereocenters. The van der Waals surface area contributed by atoms with Crippen molar-refractivity contribution in [1.82, 2.24) is 0 Å². The summed E-state index contributed by atoms with van der Waals surface area (Å²) < 4.78 is 30.4. The first-order valence-corrected chi connectivity index (χ1v) is 11.5. The van der Waals surface area contributed by atoms with Crippen LogP contribution in [0.2, 0.25) is 0 Å². The molecule has 0 spiro atoms. The molecule has 3 rings (SSSR count). The van der Waals surface area contributed by atoms with Gasteiger partial charge in [-0.2, -0.15) is 8.42 Å². The molecule has 1 fully saturated rings. The summed E-state index contributed by atoms with van der Waals surface area (Å²) in [6.45, 7) is 3.34. The molecule has 156 valence electrons. The Morgan fingerprint density at radius 3 is 2.14 bits per heavy atom. The molecule has 2 aromatic carbocycles. The zero-order chi connectivity index (χ0) is 21.0. The lowest BCUT2D eigenvalue weighted by atomic mass is 9.83. The second kappa shape index (κ2) is 9.09. The fourth-order valence-corrected chi connectivity index (χ4v) is 5.13. The maximum Gasteiger partial charge on any atom is 0.313 e. The fraction of sp³-hybridized carbons (Fsp3) is 0.435. The molecule has 0 amide bonds. The topological polar surface area (TPSA) is 80.7 Å². The van der Waals surface area contributed by atoms with Gasteiger partial charge in [-0.1, -0.05) is 61.2 Å². The number of aryl methyl sites for hydroxylation is 1. The van der Waals surface area contributed by atoms with E-state index >= 15 is 0 Å². The van der Waals surface area contributed by atoms with Crippen molar-refractivity contribution in [3.05, 3.63) is 65.2 Å². The molecule has 0 bridgehead atoms. The molecule has 1 aliphatic rings. The lowest BCUT2D eigenvalue weighted by Gasteiger charge is -2.24. The predicted molar refractivity (Wildman–Crippen MR) is 112 cm³/mol. The van der Waals surface area contributed by atoms with Crippen LogP contribution < -0.4 is 0 Å². The smallest absolute Gasteiger partial charge is 0.313 e. The van der Waals surface area contributed by atoms with Gasteiger partial charge in [0.15, 0.2) is 0 Å². The van der Waals surface area contributed by atoms with Crippen LogP contribution in [0.3, 0.4) is 0 Å².